The van der Waals surface area contributed by atoms with Gasteiger partial charge in [-0.1, -0.05) is 99.6 Å². The second-order valence-electron chi connectivity index (χ2n) is 12.9. The maximum atomic E-state index is 13.7. The number of anilines is 1. The molecule has 1 aromatic heterocycles. The number of rotatable bonds is 11. The molecule has 5 aromatic rings. The van der Waals surface area contributed by atoms with E-state index in [0.29, 0.717) is 18.8 Å². The average Bonchev–Trinajstić information content (AvgIpc) is 3.06. The van der Waals surface area contributed by atoms with Gasteiger partial charge in [0.15, 0.2) is 0 Å². The molecule has 1 N–H and O–H groups in total. The maximum absolute atomic E-state index is 13.7. The van der Waals surface area contributed by atoms with Crippen molar-refractivity contribution in [1.29, 1.82) is 0 Å². The first kappa shape index (κ1) is 34.3. The summed E-state index contributed by atoms with van der Waals surface area (Å²) in [6.45, 7) is 13.5. The molecule has 0 fully saturated rings. The molecule has 48 heavy (non-hydrogen) atoms. The first-order chi connectivity index (χ1) is 22.8. The molecule has 9 heteroatoms. The fourth-order valence-electron chi connectivity index (χ4n) is 5.44. The third-order valence-electron chi connectivity index (χ3n) is 8.15. The van der Waals surface area contributed by atoms with Gasteiger partial charge in [0.25, 0.3) is 15.9 Å². The second-order valence-corrected chi connectivity index (χ2v) is 14.5. The van der Waals surface area contributed by atoms with Gasteiger partial charge < -0.3 is 9.64 Å². The van der Waals surface area contributed by atoms with E-state index in [0.717, 1.165) is 27.8 Å². The molecule has 0 aliphatic heterocycles. The van der Waals surface area contributed by atoms with Crippen LogP contribution in [0.5, 0.6) is 5.88 Å². The number of nitrogens with zero attached hydrogens (tertiary/aromatic N) is 3. The summed E-state index contributed by atoms with van der Waals surface area (Å²) in [5.74, 6) is -0.175. The van der Waals surface area contributed by atoms with E-state index in [-0.39, 0.29) is 40.2 Å². The number of aryl methyl sites for hydroxylation is 2. The summed E-state index contributed by atoms with van der Waals surface area (Å²) < 4.78 is 36.1. The summed E-state index contributed by atoms with van der Waals surface area (Å²) in [6.07, 6.45) is 0. The Balaban J connectivity index is 1.43. The Morgan fingerprint density at radius 1 is 0.812 bits per heavy atom. The lowest BCUT2D eigenvalue weighted by molar-refractivity contribution is 0.0752. The number of sulfonamides is 1. The molecule has 8 nitrogen and oxygen atoms in total. The molecule has 1 heterocycles. The number of hydrogen-bond acceptors (Lipinski definition) is 6. The van der Waals surface area contributed by atoms with Gasteiger partial charge in [-0.2, -0.15) is 4.98 Å². The molecular weight excluding hydrogens is 621 g/mol. The highest BCUT2D eigenvalue weighted by molar-refractivity contribution is 7.92. The van der Waals surface area contributed by atoms with Crippen LogP contribution in [0, 0.1) is 13.8 Å². The number of nitrogens with one attached hydrogen (secondary N) is 1. The smallest absolute Gasteiger partial charge is 0.264 e. The van der Waals surface area contributed by atoms with Crippen molar-refractivity contribution in [3.8, 4) is 17.1 Å². The number of amides is 1. The van der Waals surface area contributed by atoms with Gasteiger partial charge in [-0.05, 0) is 72.2 Å². The summed E-state index contributed by atoms with van der Waals surface area (Å²) in [7, 11) is -4.18. The van der Waals surface area contributed by atoms with E-state index in [1.165, 1.54) is 17.7 Å². The Kier molecular flexibility index (Phi) is 10.3. The van der Waals surface area contributed by atoms with E-state index >= 15 is 0 Å². The molecule has 0 unspecified atom stereocenters. The molecule has 0 bridgehead atoms. The van der Waals surface area contributed by atoms with Crippen LogP contribution in [-0.4, -0.2) is 35.7 Å². The zero-order valence-corrected chi connectivity index (χ0v) is 29.1. The Morgan fingerprint density at radius 2 is 1.48 bits per heavy atom. The van der Waals surface area contributed by atoms with Crippen molar-refractivity contribution in [2.24, 2.45) is 0 Å². The van der Waals surface area contributed by atoms with Crippen molar-refractivity contribution in [3.05, 3.63) is 137 Å². The van der Waals surface area contributed by atoms with Gasteiger partial charge >= 0.3 is 0 Å². The molecule has 248 valence electrons. The van der Waals surface area contributed by atoms with E-state index in [1.54, 1.807) is 23.1 Å². The molecule has 0 saturated heterocycles. The highest BCUT2D eigenvalue weighted by Crippen LogP contribution is 2.30. The molecule has 0 saturated carbocycles. The highest BCUT2D eigenvalue weighted by Gasteiger charge is 2.22. The molecule has 5 rings (SSSR count). The first-order valence-electron chi connectivity index (χ1n) is 16.0. The van der Waals surface area contributed by atoms with Crippen molar-refractivity contribution in [3.63, 3.8) is 0 Å². The Labute approximate surface area is 283 Å². The number of hydrogen-bond donors (Lipinski definition) is 1. The van der Waals surface area contributed by atoms with Crippen molar-refractivity contribution in [1.82, 2.24) is 14.9 Å². The zero-order chi connectivity index (χ0) is 34.5. The molecule has 0 aliphatic rings. The minimum absolute atomic E-state index is 0.0305. The third kappa shape index (κ3) is 8.27. The molecule has 0 atom stereocenters. The lowest BCUT2D eigenvalue weighted by atomic mass is 9.87. The van der Waals surface area contributed by atoms with Crippen molar-refractivity contribution < 1.29 is 17.9 Å². The number of aromatic nitrogens is 2. The van der Waals surface area contributed by atoms with E-state index < -0.39 is 10.0 Å². The molecular formula is C39H42N4O4S. The monoisotopic (exact) mass is 662 g/mol. The molecule has 0 radical (unpaired) electrons. The topological polar surface area (TPSA) is 101 Å². The van der Waals surface area contributed by atoms with Crippen LogP contribution in [-0.2, 0) is 28.6 Å². The molecule has 0 spiro atoms. The minimum Gasteiger partial charge on any atom is -0.473 e. The summed E-state index contributed by atoms with van der Waals surface area (Å²) >= 11 is 0. The highest BCUT2D eigenvalue weighted by atomic mass is 32.2. The van der Waals surface area contributed by atoms with E-state index in [9.17, 15) is 13.2 Å². The van der Waals surface area contributed by atoms with Crippen LogP contribution in [0.25, 0.3) is 11.3 Å². The lowest BCUT2D eigenvalue weighted by Gasteiger charge is -2.21. The summed E-state index contributed by atoms with van der Waals surface area (Å²) in [6, 6.07) is 31.5. The Morgan fingerprint density at radius 3 is 2.12 bits per heavy atom. The van der Waals surface area contributed by atoms with E-state index in [2.05, 4.69) is 47.6 Å². The number of carbonyl (C=O) groups excluding carboxylic acids is 1. The predicted octanol–water partition coefficient (Wildman–Crippen LogP) is 8.10. The van der Waals surface area contributed by atoms with Gasteiger partial charge in [0.1, 0.15) is 6.61 Å². The summed E-state index contributed by atoms with van der Waals surface area (Å²) in [4.78, 5) is 24.1. The number of carbonyl (C=O) groups is 1. The second kappa shape index (κ2) is 14.4. The van der Waals surface area contributed by atoms with Gasteiger partial charge in [0, 0.05) is 30.3 Å². The van der Waals surface area contributed by atoms with Gasteiger partial charge in [-0.25, -0.2) is 18.1 Å². The van der Waals surface area contributed by atoms with Crippen LogP contribution in [0.4, 0.5) is 5.95 Å². The average molecular weight is 663 g/mol. The van der Waals surface area contributed by atoms with E-state index in [1.807, 2.05) is 81.4 Å². The minimum atomic E-state index is -4.18. The largest absolute Gasteiger partial charge is 0.473 e. The van der Waals surface area contributed by atoms with Crippen LogP contribution in [0.15, 0.2) is 108 Å². The quantitative estimate of drug-likeness (QED) is 0.153. The fourth-order valence-corrected chi connectivity index (χ4v) is 6.43. The Hall–Kier alpha value is -5.02. The fraction of sp³-hybridized carbons (Fsp3) is 0.256. The molecule has 4 aromatic carbocycles. The number of ether oxygens (including phenoxy) is 1. The van der Waals surface area contributed by atoms with Crippen molar-refractivity contribution in [2.45, 2.75) is 65.0 Å². The lowest BCUT2D eigenvalue weighted by Crippen LogP contribution is -2.30. The number of benzene rings is 4. The third-order valence-corrected chi connectivity index (χ3v) is 9.47. The van der Waals surface area contributed by atoms with Gasteiger partial charge in [0.05, 0.1) is 10.6 Å². The van der Waals surface area contributed by atoms with Crippen LogP contribution in [0.3, 0.4) is 0 Å². The summed E-state index contributed by atoms with van der Waals surface area (Å²) in [5.41, 5.74) is 6.80. The molecule has 0 aliphatic carbocycles. The van der Waals surface area contributed by atoms with Crippen LogP contribution in [0.2, 0.25) is 0 Å². The van der Waals surface area contributed by atoms with Crippen molar-refractivity contribution in [2.75, 3.05) is 11.3 Å². The zero-order valence-electron chi connectivity index (χ0n) is 28.3. The first-order valence-corrected chi connectivity index (χ1v) is 17.5. The standard InChI is InChI=1S/C39H42N4O4S/c1-7-43(25-29-15-9-8-10-16-29)37(44)31-17-12-18-33(23-31)48(45,46)42-38-40-34(36-27(2)13-11-14-28(36)3)24-35(41-38)47-26-30-19-21-32(22-20-30)39(4,5)6/h8-24H,7,25-26H2,1-6H3,(H,40,41,42). The predicted molar refractivity (Wildman–Crippen MR) is 191 cm³/mol. The van der Waals surface area contributed by atoms with Crippen LogP contribution >= 0.6 is 0 Å². The van der Waals surface area contributed by atoms with Gasteiger partial charge in [0.2, 0.25) is 11.8 Å². The molecule has 1 amide bonds. The summed E-state index contributed by atoms with van der Waals surface area (Å²) in [5, 5.41) is 0. The van der Waals surface area contributed by atoms with Crippen molar-refractivity contribution >= 4 is 21.9 Å². The van der Waals surface area contributed by atoms with E-state index in [4.69, 9.17) is 4.74 Å². The Bertz CT molecular complexity index is 1980. The van der Waals surface area contributed by atoms with Gasteiger partial charge in [-0.15, -0.1) is 0 Å². The normalized spacial score (nSPS) is 11.6. The van der Waals surface area contributed by atoms with Crippen LogP contribution < -0.4 is 9.46 Å². The van der Waals surface area contributed by atoms with Gasteiger partial charge in [-0.3, -0.25) is 4.79 Å². The SMILES string of the molecule is CCN(Cc1ccccc1)C(=O)c1cccc(S(=O)(=O)Nc2nc(OCc3ccc(C(C)(C)C)cc3)cc(-c3c(C)cccc3C)n2)c1. The maximum Gasteiger partial charge on any atom is 0.264 e. The van der Waals surface area contributed by atoms with Crippen LogP contribution in [0.1, 0.15) is 65.9 Å².